The van der Waals surface area contributed by atoms with Crippen LogP contribution >= 0.6 is 0 Å². The molecule has 8 atom stereocenters. The Balaban J connectivity index is 1.72. The maximum atomic E-state index is 10.5. The summed E-state index contributed by atoms with van der Waals surface area (Å²) in [5, 5.41) is 10.5. The molecule has 3 N–H and O–H groups in total. The van der Waals surface area contributed by atoms with Crippen molar-refractivity contribution in [3.05, 3.63) is 11.6 Å². The van der Waals surface area contributed by atoms with Crippen LogP contribution in [0.3, 0.4) is 0 Å². The van der Waals surface area contributed by atoms with Crippen LogP contribution in [0.15, 0.2) is 11.6 Å². The molecule has 4 rings (SSSR count). The Bertz CT molecular complexity index is 608. The molecule has 0 amide bonds. The number of nitrogens with two attached hydrogens (primary N) is 1. The monoisotopic (exact) mass is 375 g/mol. The van der Waals surface area contributed by atoms with E-state index in [1.807, 2.05) is 0 Å². The summed E-state index contributed by atoms with van der Waals surface area (Å²) >= 11 is 0. The number of hydrogen-bond donors (Lipinski definition) is 2. The predicted octanol–water partition coefficient (Wildman–Crippen LogP) is 5.03. The molecule has 4 saturated carbocycles. The summed E-state index contributed by atoms with van der Waals surface area (Å²) in [7, 11) is 0. The minimum atomic E-state index is -1.06. The highest BCUT2D eigenvalue weighted by Crippen LogP contribution is 2.67. The van der Waals surface area contributed by atoms with Gasteiger partial charge in [-0.15, -0.1) is 0 Å². The number of aliphatic hydroxyl groups is 1. The van der Waals surface area contributed by atoms with Crippen molar-refractivity contribution in [2.45, 2.75) is 104 Å². The van der Waals surface area contributed by atoms with Crippen LogP contribution in [0.25, 0.3) is 0 Å². The predicted molar refractivity (Wildman–Crippen MR) is 110 cm³/mol. The Morgan fingerprint density at radius 1 is 1.11 bits per heavy atom. The van der Waals surface area contributed by atoms with Crippen LogP contribution in [0.1, 0.15) is 86.0 Å². The molecule has 3 heteroatoms. The fourth-order valence-electron chi connectivity index (χ4n) is 8.05. The lowest BCUT2D eigenvalue weighted by Crippen LogP contribution is -2.60. The SMILES string of the molecule is C/C=C1\CCC2C3C(OC(C)(C)O)CC4CC(N)CCC4(C)C3CCC12C. The maximum absolute atomic E-state index is 10.5. The topological polar surface area (TPSA) is 55.5 Å². The molecule has 3 nitrogen and oxygen atoms in total. The number of allylic oxidation sites excluding steroid dienone is 2. The zero-order valence-electron chi connectivity index (χ0n) is 18.1. The molecule has 0 aromatic rings. The van der Waals surface area contributed by atoms with Crippen molar-refractivity contribution in [1.82, 2.24) is 0 Å². The Kier molecular flexibility index (Phi) is 4.85. The molecule has 0 aromatic heterocycles. The molecule has 4 aliphatic rings. The fourth-order valence-corrected chi connectivity index (χ4v) is 8.05. The van der Waals surface area contributed by atoms with Gasteiger partial charge in [-0.1, -0.05) is 25.5 Å². The van der Waals surface area contributed by atoms with E-state index in [1.165, 1.54) is 38.5 Å². The van der Waals surface area contributed by atoms with Crippen LogP contribution in [0.2, 0.25) is 0 Å². The molecule has 8 unspecified atom stereocenters. The highest BCUT2D eigenvalue weighted by Gasteiger charge is 2.62. The highest BCUT2D eigenvalue weighted by molar-refractivity contribution is 5.24. The van der Waals surface area contributed by atoms with Gasteiger partial charge in [0.1, 0.15) is 0 Å². The molecule has 0 saturated heterocycles. The number of hydrogen-bond acceptors (Lipinski definition) is 3. The number of fused-ring (bicyclic) bond motifs is 5. The summed E-state index contributed by atoms with van der Waals surface area (Å²) in [5.74, 6) is 1.56. The summed E-state index contributed by atoms with van der Waals surface area (Å²) in [6.45, 7) is 10.9. The second kappa shape index (κ2) is 6.57. The largest absolute Gasteiger partial charge is 0.366 e. The van der Waals surface area contributed by atoms with Crippen LogP contribution in [0.5, 0.6) is 0 Å². The summed E-state index contributed by atoms with van der Waals surface area (Å²) in [5.41, 5.74) is 8.80. The standard InChI is InChI=1S/C24H41NO2/c1-6-15-7-8-18-21-19(10-12-23(15,18)4)24(5)11-9-17(25)13-16(24)14-20(21)27-22(2,3)26/h6,16-21,26H,7-14,25H2,1-5H3/b15-6+. The molecule has 4 aliphatic carbocycles. The van der Waals surface area contributed by atoms with Gasteiger partial charge in [-0.3, -0.25) is 0 Å². The molecule has 0 spiro atoms. The second-order valence-electron chi connectivity index (χ2n) is 11.2. The quantitative estimate of drug-likeness (QED) is 0.526. The van der Waals surface area contributed by atoms with Crippen molar-refractivity contribution < 1.29 is 9.84 Å². The summed E-state index contributed by atoms with van der Waals surface area (Å²) in [6, 6.07) is 0.345. The van der Waals surface area contributed by atoms with Crippen LogP contribution < -0.4 is 5.73 Å². The smallest absolute Gasteiger partial charge is 0.160 e. The maximum Gasteiger partial charge on any atom is 0.160 e. The van der Waals surface area contributed by atoms with E-state index in [-0.39, 0.29) is 6.10 Å². The minimum absolute atomic E-state index is 0.166. The van der Waals surface area contributed by atoms with Crippen LogP contribution in [-0.2, 0) is 4.74 Å². The van der Waals surface area contributed by atoms with Crippen molar-refractivity contribution >= 4 is 0 Å². The first kappa shape index (κ1) is 19.9. The Hall–Kier alpha value is -0.380. The minimum Gasteiger partial charge on any atom is -0.366 e. The third-order valence-electron chi connectivity index (χ3n) is 9.34. The molecular formula is C24H41NO2. The third-order valence-corrected chi connectivity index (χ3v) is 9.34. The van der Waals surface area contributed by atoms with E-state index in [4.69, 9.17) is 10.5 Å². The molecule has 0 aliphatic heterocycles. The van der Waals surface area contributed by atoms with E-state index in [9.17, 15) is 5.11 Å². The van der Waals surface area contributed by atoms with Gasteiger partial charge in [0, 0.05) is 6.04 Å². The first-order valence-electron chi connectivity index (χ1n) is 11.4. The zero-order valence-corrected chi connectivity index (χ0v) is 18.1. The van der Waals surface area contributed by atoms with Gasteiger partial charge in [-0.2, -0.15) is 0 Å². The van der Waals surface area contributed by atoms with Crippen molar-refractivity contribution in [2.24, 2.45) is 40.2 Å². The Morgan fingerprint density at radius 2 is 1.85 bits per heavy atom. The molecule has 0 heterocycles. The molecule has 0 bridgehead atoms. The number of ether oxygens (including phenoxy) is 1. The lowest BCUT2D eigenvalue weighted by molar-refractivity contribution is -0.261. The van der Waals surface area contributed by atoms with Gasteiger partial charge in [-0.25, -0.2) is 0 Å². The van der Waals surface area contributed by atoms with E-state index < -0.39 is 5.79 Å². The average Bonchev–Trinajstić information content (AvgIpc) is 2.91. The van der Waals surface area contributed by atoms with Crippen LogP contribution in [0, 0.1) is 34.5 Å². The highest BCUT2D eigenvalue weighted by atomic mass is 16.6. The van der Waals surface area contributed by atoms with Crippen molar-refractivity contribution in [2.75, 3.05) is 0 Å². The average molecular weight is 376 g/mol. The van der Waals surface area contributed by atoms with Gasteiger partial charge in [0.2, 0.25) is 0 Å². The zero-order chi connectivity index (χ0) is 19.6. The lowest BCUT2D eigenvalue weighted by Gasteiger charge is -2.63. The fraction of sp³-hybridized carbons (Fsp3) is 0.917. The molecular weight excluding hydrogens is 334 g/mol. The van der Waals surface area contributed by atoms with Gasteiger partial charge in [-0.05, 0) is 107 Å². The van der Waals surface area contributed by atoms with Gasteiger partial charge in [0.25, 0.3) is 0 Å². The second-order valence-corrected chi connectivity index (χ2v) is 11.2. The van der Waals surface area contributed by atoms with E-state index in [2.05, 4.69) is 26.8 Å². The third kappa shape index (κ3) is 3.13. The molecule has 154 valence electrons. The van der Waals surface area contributed by atoms with Crippen molar-refractivity contribution in [3.8, 4) is 0 Å². The molecule has 0 radical (unpaired) electrons. The van der Waals surface area contributed by atoms with Crippen LogP contribution in [0.4, 0.5) is 0 Å². The summed E-state index contributed by atoms with van der Waals surface area (Å²) in [4.78, 5) is 0. The summed E-state index contributed by atoms with van der Waals surface area (Å²) in [6.07, 6.45) is 12.4. The van der Waals surface area contributed by atoms with E-state index >= 15 is 0 Å². The molecule has 4 fully saturated rings. The Morgan fingerprint density at radius 3 is 2.52 bits per heavy atom. The molecule has 27 heavy (non-hydrogen) atoms. The first-order chi connectivity index (χ1) is 12.6. The van der Waals surface area contributed by atoms with E-state index in [1.54, 1.807) is 19.4 Å². The van der Waals surface area contributed by atoms with Crippen LogP contribution in [-0.4, -0.2) is 23.0 Å². The van der Waals surface area contributed by atoms with Crippen molar-refractivity contribution in [1.29, 1.82) is 0 Å². The normalized spacial score (nSPS) is 51.6. The van der Waals surface area contributed by atoms with Gasteiger partial charge in [0.05, 0.1) is 6.10 Å². The number of rotatable bonds is 2. The Labute approximate surface area is 166 Å². The first-order valence-corrected chi connectivity index (χ1v) is 11.4. The summed E-state index contributed by atoms with van der Waals surface area (Å²) < 4.78 is 6.39. The van der Waals surface area contributed by atoms with Crippen molar-refractivity contribution in [3.63, 3.8) is 0 Å². The molecule has 0 aromatic carbocycles. The lowest BCUT2D eigenvalue weighted by atomic mass is 9.44. The van der Waals surface area contributed by atoms with E-state index in [0.29, 0.717) is 40.5 Å². The van der Waals surface area contributed by atoms with Gasteiger partial charge in [0.15, 0.2) is 5.79 Å². The van der Waals surface area contributed by atoms with Gasteiger partial charge < -0.3 is 15.6 Å². The van der Waals surface area contributed by atoms with E-state index in [0.717, 1.165) is 12.8 Å². The van der Waals surface area contributed by atoms with Gasteiger partial charge >= 0.3 is 0 Å².